The van der Waals surface area contributed by atoms with Gasteiger partial charge in [-0.1, -0.05) is 13.5 Å². The van der Waals surface area contributed by atoms with E-state index in [4.69, 9.17) is 4.74 Å². The first-order valence-corrected chi connectivity index (χ1v) is 6.25. The second kappa shape index (κ2) is 4.28. The van der Waals surface area contributed by atoms with Gasteiger partial charge in [-0.15, -0.1) is 0 Å². The van der Waals surface area contributed by atoms with Crippen LogP contribution in [0.2, 0.25) is 0 Å². The number of halogens is 3. The third-order valence-electron chi connectivity index (χ3n) is 4.52. The zero-order valence-corrected chi connectivity index (χ0v) is 10.3. The standard InChI is InChI=1S/C13H17F3O2/c1-3-12-5-4-9(7-12)6-10(12)18-11(17)8(2)13(14,15)16/h9-10H,2-7H2,1H3. The van der Waals surface area contributed by atoms with E-state index >= 15 is 0 Å². The van der Waals surface area contributed by atoms with Crippen molar-refractivity contribution in [3.8, 4) is 0 Å². The van der Waals surface area contributed by atoms with E-state index in [0.29, 0.717) is 12.3 Å². The van der Waals surface area contributed by atoms with E-state index in [2.05, 4.69) is 6.58 Å². The molecule has 2 aliphatic rings. The first-order valence-electron chi connectivity index (χ1n) is 6.25. The molecule has 0 saturated heterocycles. The molecule has 18 heavy (non-hydrogen) atoms. The fourth-order valence-electron chi connectivity index (χ4n) is 3.35. The van der Waals surface area contributed by atoms with E-state index in [1.165, 1.54) is 0 Å². The molecule has 0 aromatic rings. The molecule has 2 fully saturated rings. The number of fused-ring (bicyclic) bond motifs is 2. The highest BCUT2D eigenvalue weighted by molar-refractivity contribution is 5.89. The topological polar surface area (TPSA) is 26.3 Å². The van der Waals surface area contributed by atoms with Crippen LogP contribution in [-0.2, 0) is 9.53 Å². The molecular weight excluding hydrogens is 245 g/mol. The zero-order chi connectivity index (χ0) is 13.6. The molecule has 2 rings (SSSR count). The van der Waals surface area contributed by atoms with Crippen molar-refractivity contribution in [2.75, 3.05) is 0 Å². The van der Waals surface area contributed by atoms with Crippen molar-refractivity contribution >= 4 is 5.97 Å². The number of alkyl halides is 3. The lowest BCUT2D eigenvalue weighted by molar-refractivity contribution is -0.161. The highest BCUT2D eigenvalue weighted by atomic mass is 19.4. The van der Waals surface area contributed by atoms with Crippen LogP contribution in [0, 0.1) is 11.3 Å². The van der Waals surface area contributed by atoms with Crippen molar-refractivity contribution in [2.45, 2.75) is 51.3 Å². The molecular formula is C13H17F3O2. The maximum atomic E-state index is 12.3. The average molecular weight is 262 g/mol. The molecule has 2 aliphatic carbocycles. The number of carbonyl (C=O) groups excluding carboxylic acids is 1. The maximum absolute atomic E-state index is 12.3. The zero-order valence-electron chi connectivity index (χ0n) is 10.3. The molecule has 0 spiro atoms. The Balaban J connectivity index is 2.03. The van der Waals surface area contributed by atoms with Gasteiger partial charge in [0.05, 0.1) is 0 Å². The normalized spacial score (nSPS) is 34.7. The fraction of sp³-hybridized carbons (Fsp3) is 0.769. The minimum atomic E-state index is -4.70. The van der Waals surface area contributed by atoms with Gasteiger partial charge in [-0.3, -0.25) is 0 Å². The molecule has 2 saturated carbocycles. The third kappa shape index (κ3) is 2.15. The number of esters is 1. The molecule has 102 valence electrons. The number of ether oxygens (including phenoxy) is 1. The summed E-state index contributed by atoms with van der Waals surface area (Å²) in [4.78, 5) is 11.4. The molecule has 0 radical (unpaired) electrons. The summed E-state index contributed by atoms with van der Waals surface area (Å²) in [5.41, 5.74) is -1.50. The molecule has 0 N–H and O–H groups in total. The SMILES string of the molecule is C=C(C(=O)OC1CC2CCC1(CC)C2)C(F)(F)F. The Morgan fingerprint density at radius 1 is 1.50 bits per heavy atom. The van der Waals surface area contributed by atoms with Gasteiger partial charge in [0.15, 0.2) is 0 Å². The summed E-state index contributed by atoms with van der Waals surface area (Å²) in [6.07, 6.45) is -0.501. The summed E-state index contributed by atoms with van der Waals surface area (Å²) in [6.45, 7) is 4.79. The number of hydrogen-bond donors (Lipinski definition) is 0. The highest BCUT2D eigenvalue weighted by Gasteiger charge is 2.53. The monoisotopic (exact) mass is 262 g/mol. The molecule has 0 aromatic carbocycles. The Morgan fingerprint density at radius 2 is 2.17 bits per heavy atom. The van der Waals surface area contributed by atoms with Crippen LogP contribution < -0.4 is 0 Å². The summed E-state index contributed by atoms with van der Waals surface area (Å²) in [7, 11) is 0. The van der Waals surface area contributed by atoms with Crippen LogP contribution >= 0.6 is 0 Å². The summed E-state index contributed by atoms with van der Waals surface area (Å²) in [5.74, 6) is -0.810. The number of rotatable bonds is 3. The van der Waals surface area contributed by atoms with Crippen LogP contribution in [0.4, 0.5) is 13.2 Å². The third-order valence-corrected chi connectivity index (χ3v) is 4.52. The Labute approximate surface area is 104 Å². The lowest BCUT2D eigenvalue weighted by atomic mass is 9.79. The minimum absolute atomic E-state index is 0.0911. The Bertz CT molecular complexity index is 375. The number of hydrogen-bond acceptors (Lipinski definition) is 2. The van der Waals surface area contributed by atoms with Crippen molar-refractivity contribution in [2.24, 2.45) is 11.3 Å². The van der Waals surface area contributed by atoms with Gasteiger partial charge >= 0.3 is 12.1 Å². The summed E-state index contributed by atoms with van der Waals surface area (Å²) in [5, 5.41) is 0. The van der Waals surface area contributed by atoms with Crippen LogP contribution in [0.3, 0.4) is 0 Å². The second-order valence-electron chi connectivity index (χ2n) is 5.43. The van der Waals surface area contributed by atoms with Crippen LogP contribution in [0.1, 0.15) is 39.0 Å². The Kier molecular flexibility index (Phi) is 3.19. The van der Waals surface area contributed by atoms with Crippen molar-refractivity contribution in [3.63, 3.8) is 0 Å². The first-order chi connectivity index (χ1) is 8.28. The molecule has 3 unspecified atom stereocenters. The van der Waals surface area contributed by atoms with Crippen molar-refractivity contribution in [1.82, 2.24) is 0 Å². The van der Waals surface area contributed by atoms with E-state index in [-0.39, 0.29) is 11.5 Å². The molecule has 5 heteroatoms. The van der Waals surface area contributed by atoms with Crippen LogP contribution in [-0.4, -0.2) is 18.2 Å². The van der Waals surface area contributed by atoms with Crippen LogP contribution in [0.25, 0.3) is 0 Å². The van der Waals surface area contributed by atoms with E-state index in [1.807, 2.05) is 6.92 Å². The van der Waals surface area contributed by atoms with Crippen molar-refractivity contribution < 1.29 is 22.7 Å². The largest absolute Gasteiger partial charge is 0.458 e. The van der Waals surface area contributed by atoms with Gasteiger partial charge in [0.1, 0.15) is 11.7 Å². The molecule has 0 aliphatic heterocycles. The molecule has 2 bridgehead atoms. The van der Waals surface area contributed by atoms with Crippen LogP contribution in [0.5, 0.6) is 0 Å². The lowest BCUT2D eigenvalue weighted by Crippen LogP contribution is -2.35. The molecule has 0 heterocycles. The fourth-order valence-corrected chi connectivity index (χ4v) is 3.35. The maximum Gasteiger partial charge on any atom is 0.422 e. The Morgan fingerprint density at radius 3 is 2.67 bits per heavy atom. The quantitative estimate of drug-likeness (QED) is 0.573. The van der Waals surface area contributed by atoms with Crippen LogP contribution in [0.15, 0.2) is 12.2 Å². The highest BCUT2D eigenvalue weighted by Crippen LogP contribution is 2.57. The van der Waals surface area contributed by atoms with Gasteiger partial charge in [0, 0.05) is 5.41 Å². The van der Waals surface area contributed by atoms with Gasteiger partial charge < -0.3 is 4.74 Å². The van der Waals surface area contributed by atoms with E-state index in [0.717, 1.165) is 25.7 Å². The molecule has 2 nitrogen and oxygen atoms in total. The van der Waals surface area contributed by atoms with E-state index < -0.39 is 17.7 Å². The van der Waals surface area contributed by atoms with E-state index in [1.54, 1.807) is 0 Å². The van der Waals surface area contributed by atoms with Gasteiger partial charge in [0.2, 0.25) is 0 Å². The minimum Gasteiger partial charge on any atom is -0.458 e. The van der Waals surface area contributed by atoms with Crippen molar-refractivity contribution in [1.29, 1.82) is 0 Å². The average Bonchev–Trinajstić information content (AvgIpc) is 2.84. The van der Waals surface area contributed by atoms with Gasteiger partial charge in [-0.25, -0.2) is 4.79 Å². The molecule has 0 aromatic heterocycles. The smallest absolute Gasteiger partial charge is 0.422 e. The van der Waals surface area contributed by atoms with Gasteiger partial charge in [-0.05, 0) is 38.0 Å². The van der Waals surface area contributed by atoms with Gasteiger partial charge in [-0.2, -0.15) is 13.2 Å². The predicted molar refractivity (Wildman–Crippen MR) is 59.8 cm³/mol. The predicted octanol–water partition coefficient (Wildman–Crippen LogP) is 3.62. The van der Waals surface area contributed by atoms with E-state index in [9.17, 15) is 18.0 Å². The Hall–Kier alpha value is -1.00. The molecule has 0 amide bonds. The lowest BCUT2D eigenvalue weighted by Gasteiger charge is -2.33. The summed E-state index contributed by atoms with van der Waals surface area (Å²) >= 11 is 0. The molecule has 3 atom stereocenters. The second-order valence-corrected chi connectivity index (χ2v) is 5.43. The summed E-state index contributed by atoms with van der Waals surface area (Å²) < 4.78 is 42.1. The summed E-state index contributed by atoms with van der Waals surface area (Å²) in [6, 6.07) is 0. The van der Waals surface area contributed by atoms with Gasteiger partial charge in [0.25, 0.3) is 0 Å². The first kappa shape index (κ1) is 13.4. The number of carbonyl (C=O) groups is 1. The van der Waals surface area contributed by atoms with Crippen molar-refractivity contribution in [3.05, 3.63) is 12.2 Å².